The van der Waals surface area contributed by atoms with Crippen molar-refractivity contribution in [2.24, 2.45) is 0 Å². The van der Waals surface area contributed by atoms with Crippen molar-refractivity contribution in [2.75, 3.05) is 0 Å². The van der Waals surface area contributed by atoms with Gasteiger partial charge in [-0.2, -0.15) is 0 Å². The van der Waals surface area contributed by atoms with Gasteiger partial charge in [0.25, 0.3) is 0 Å². The molecule has 3 nitrogen and oxygen atoms in total. The second-order valence-corrected chi connectivity index (χ2v) is 10.2. The normalized spacial score (nSPS) is 11.3. The fourth-order valence-electron chi connectivity index (χ4n) is 4.72. The van der Waals surface area contributed by atoms with Gasteiger partial charge in [0.05, 0.1) is 11.4 Å². The Morgan fingerprint density at radius 3 is 2.00 bits per heavy atom. The summed E-state index contributed by atoms with van der Waals surface area (Å²) >= 11 is 1.79. The predicted octanol–water partition coefficient (Wildman–Crippen LogP) is 9.05. The van der Waals surface area contributed by atoms with Crippen LogP contribution in [0.5, 0.6) is 0 Å². The number of aromatic nitrogens is 3. The smallest absolute Gasteiger partial charge is 0.160 e. The van der Waals surface area contributed by atoms with Crippen LogP contribution in [0.1, 0.15) is 0 Å². The molecule has 0 unspecified atom stereocenters. The van der Waals surface area contributed by atoms with E-state index in [1.807, 2.05) is 36.5 Å². The fourth-order valence-corrected chi connectivity index (χ4v) is 5.81. The zero-order valence-corrected chi connectivity index (χ0v) is 21.0. The standard InChI is InChI=1S/C33H20FN3S/c34-26-14-11-22(12-15-26)29-19-30(24-13-16-32-28(18-24)27-5-1-2-6-31(27)38-32)37-33(36-29)23-9-7-21(8-10-23)25-4-3-17-35-20-25/h1-20H. The molecule has 0 bridgehead atoms. The van der Waals surface area contributed by atoms with Crippen molar-refractivity contribution < 1.29 is 4.39 Å². The van der Waals surface area contributed by atoms with Crippen molar-refractivity contribution >= 4 is 31.5 Å². The lowest BCUT2D eigenvalue weighted by atomic mass is 10.0. The van der Waals surface area contributed by atoms with Gasteiger partial charge in [-0.3, -0.25) is 4.98 Å². The van der Waals surface area contributed by atoms with Crippen LogP contribution in [0.2, 0.25) is 0 Å². The molecule has 0 spiro atoms. The highest BCUT2D eigenvalue weighted by molar-refractivity contribution is 7.25. The molecule has 0 N–H and O–H groups in total. The molecule has 5 heteroatoms. The van der Waals surface area contributed by atoms with Crippen molar-refractivity contribution in [1.29, 1.82) is 0 Å². The van der Waals surface area contributed by atoms with Crippen LogP contribution in [0, 0.1) is 5.82 Å². The van der Waals surface area contributed by atoms with Gasteiger partial charge in [0.1, 0.15) is 5.82 Å². The summed E-state index contributed by atoms with van der Waals surface area (Å²) in [6.45, 7) is 0. The van der Waals surface area contributed by atoms with Crippen LogP contribution >= 0.6 is 11.3 Å². The number of pyridine rings is 1. The molecule has 0 saturated carbocycles. The number of rotatable bonds is 4. The zero-order chi connectivity index (χ0) is 25.5. The first-order valence-electron chi connectivity index (χ1n) is 12.3. The molecule has 38 heavy (non-hydrogen) atoms. The van der Waals surface area contributed by atoms with E-state index in [-0.39, 0.29) is 5.82 Å². The van der Waals surface area contributed by atoms with E-state index in [1.54, 1.807) is 29.7 Å². The maximum atomic E-state index is 13.7. The highest BCUT2D eigenvalue weighted by Gasteiger charge is 2.13. The number of fused-ring (bicyclic) bond motifs is 3. The number of hydrogen-bond donors (Lipinski definition) is 0. The molecule has 0 atom stereocenters. The van der Waals surface area contributed by atoms with E-state index in [0.717, 1.165) is 39.2 Å². The minimum absolute atomic E-state index is 0.274. The van der Waals surface area contributed by atoms with E-state index in [4.69, 9.17) is 9.97 Å². The Kier molecular flexibility index (Phi) is 5.49. The van der Waals surface area contributed by atoms with E-state index in [0.29, 0.717) is 5.82 Å². The van der Waals surface area contributed by atoms with Crippen molar-refractivity contribution in [3.8, 4) is 45.0 Å². The molecule has 4 aromatic carbocycles. The Bertz CT molecular complexity index is 1910. The number of thiophene rings is 1. The lowest BCUT2D eigenvalue weighted by Crippen LogP contribution is -1.96. The summed E-state index contributed by atoms with van der Waals surface area (Å²) in [5.41, 5.74) is 6.46. The summed E-state index contributed by atoms with van der Waals surface area (Å²) in [7, 11) is 0. The summed E-state index contributed by atoms with van der Waals surface area (Å²) in [6, 6.07) is 35.5. The van der Waals surface area contributed by atoms with Gasteiger partial charge in [-0.05, 0) is 65.7 Å². The van der Waals surface area contributed by atoms with Gasteiger partial charge in [-0.15, -0.1) is 11.3 Å². The molecule has 7 aromatic rings. The van der Waals surface area contributed by atoms with E-state index in [9.17, 15) is 4.39 Å². The van der Waals surface area contributed by atoms with Crippen LogP contribution in [0.15, 0.2) is 122 Å². The lowest BCUT2D eigenvalue weighted by Gasteiger charge is -2.10. The first kappa shape index (κ1) is 22.5. The molecule has 0 aliphatic carbocycles. The number of hydrogen-bond acceptors (Lipinski definition) is 4. The van der Waals surface area contributed by atoms with Crippen LogP contribution in [0.4, 0.5) is 4.39 Å². The second-order valence-electron chi connectivity index (χ2n) is 9.10. The molecular weight excluding hydrogens is 489 g/mol. The van der Waals surface area contributed by atoms with Gasteiger partial charge < -0.3 is 0 Å². The SMILES string of the molecule is Fc1ccc(-c2cc(-c3ccc4sc5ccccc5c4c3)nc(-c3ccc(-c4cccnc4)cc3)n2)cc1. The van der Waals surface area contributed by atoms with Crippen molar-refractivity contribution in [3.05, 3.63) is 127 Å². The van der Waals surface area contributed by atoms with Gasteiger partial charge in [-0.25, -0.2) is 14.4 Å². The van der Waals surface area contributed by atoms with Gasteiger partial charge in [-0.1, -0.05) is 54.6 Å². The Morgan fingerprint density at radius 1 is 0.526 bits per heavy atom. The van der Waals surface area contributed by atoms with Crippen LogP contribution in [0.25, 0.3) is 65.2 Å². The number of nitrogens with zero attached hydrogens (tertiary/aromatic N) is 3. The highest BCUT2D eigenvalue weighted by Crippen LogP contribution is 2.37. The first-order chi connectivity index (χ1) is 18.7. The van der Waals surface area contributed by atoms with Crippen LogP contribution in [-0.4, -0.2) is 15.0 Å². The Labute approximate surface area is 222 Å². The third-order valence-corrected chi connectivity index (χ3v) is 7.83. The molecule has 0 radical (unpaired) electrons. The molecule has 0 amide bonds. The lowest BCUT2D eigenvalue weighted by molar-refractivity contribution is 0.628. The summed E-state index contributed by atoms with van der Waals surface area (Å²) in [6.07, 6.45) is 3.62. The largest absolute Gasteiger partial charge is 0.264 e. The van der Waals surface area contributed by atoms with E-state index in [2.05, 4.69) is 59.6 Å². The highest BCUT2D eigenvalue weighted by atomic mass is 32.1. The summed E-state index contributed by atoms with van der Waals surface area (Å²) in [5, 5.41) is 2.46. The number of halogens is 1. The van der Waals surface area contributed by atoms with Gasteiger partial charge in [0.15, 0.2) is 5.82 Å². The van der Waals surface area contributed by atoms with Crippen LogP contribution < -0.4 is 0 Å². The van der Waals surface area contributed by atoms with E-state index in [1.165, 1.54) is 32.3 Å². The second kappa shape index (κ2) is 9.29. The zero-order valence-electron chi connectivity index (χ0n) is 20.2. The first-order valence-corrected chi connectivity index (χ1v) is 13.1. The van der Waals surface area contributed by atoms with Gasteiger partial charge in [0.2, 0.25) is 0 Å². The summed E-state index contributed by atoms with van der Waals surface area (Å²) in [5.74, 6) is 0.346. The monoisotopic (exact) mass is 509 g/mol. The molecule has 0 saturated heterocycles. The average molecular weight is 510 g/mol. The minimum Gasteiger partial charge on any atom is -0.264 e. The number of benzene rings is 4. The molecule has 0 aliphatic rings. The molecule has 3 aromatic heterocycles. The molecular formula is C33H20FN3S. The van der Waals surface area contributed by atoms with E-state index < -0.39 is 0 Å². The summed E-state index contributed by atoms with van der Waals surface area (Å²) < 4.78 is 16.2. The molecule has 0 fully saturated rings. The molecule has 3 heterocycles. The third-order valence-electron chi connectivity index (χ3n) is 6.68. The quantitative estimate of drug-likeness (QED) is 0.238. The molecule has 0 aliphatic heterocycles. The Hall–Kier alpha value is -4.74. The maximum Gasteiger partial charge on any atom is 0.160 e. The van der Waals surface area contributed by atoms with Gasteiger partial charge in [0, 0.05) is 49.3 Å². The van der Waals surface area contributed by atoms with Crippen molar-refractivity contribution in [1.82, 2.24) is 15.0 Å². The average Bonchev–Trinajstić information content (AvgIpc) is 3.36. The fraction of sp³-hybridized carbons (Fsp3) is 0. The van der Waals surface area contributed by atoms with Gasteiger partial charge >= 0.3 is 0 Å². The predicted molar refractivity (Wildman–Crippen MR) is 154 cm³/mol. The minimum atomic E-state index is -0.274. The topological polar surface area (TPSA) is 38.7 Å². The summed E-state index contributed by atoms with van der Waals surface area (Å²) in [4.78, 5) is 14.1. The maximum absolute atomic E-state index is 13.7. The van der Waals surface area contributed by atoms with Crippen LogP contribution in [0.3, 0.4) is 0 Å². The Morgan fingerprint density at radius 2 is 1.21 bits per heavy atom. The van der Waals surface area contributed by atoms with Crippen molar-refractivity contribution in [2.45, 2.75) is 0 Å². The van der Waals surface area contributed by atoms with Crippen LogP contribution in [-0.2, 0) is 0 Å². The molecule has 7 rings (SSSR count). The molecule has 180 valence electrons. The Balaban J connectivity index is 1.38. The van der Waals surface area contributed by atoms with Crippen molar-refractivity contribution in [3.63, 3.8) is 0 Å². The van der Waals surface area contributed by atoms with E-state index >= 15 is 0 Å². The third kappa shape index (κ3) is 4.13.